The first kappa shape index (κ1) is 18.6. The van der Waals surface area contributed by atoms with Crippen molar-refractivity contribution in [1.82, 2.24) is 5.32 Å². The molecule has 0 saturated carbocycles. The van der Waals surface area contributed by atoms with E-state index in [1.165, 1.54) is 0 Å². The van der Waals surface area contributed by atoms with Gasteiger partial charge in [-0.05, 0) is 17.7 Å². The Labute approximate surface area is 148 Å². The number of ether oxygens (including phenoxy) is 3. The summed E-state index contributed by atoms with van der Waals surface area (Å²) in [6, 6.07) is 15.7. The predicted octanol–water partition coefficient (Wildman–Crippen LogP) is 3.08. The summed E-state index contributed by atoms with van der Waals surface area (Å²) < 4.78 is 16.1. The van der Waals surface area contributed by atoms with Gasteiger partial charge in [-0.25, -0.2) is 0 Å². The minimum absolute atomic E-state index is 0.0647. The molecular formula is C19H25N3O3. The zero-order chi connectivity index (χ0) is 18.1. The first-order valence-electron chi connectivity index (χ1n) is 7.99. The first-order chi connectivity index (χ1) is 12.2. The summed E-state index contributed by atoms with van der Waals surface area (Å²) in [6.45, 7) is 0.591. The molecule has 0 heterocycles. The van der Waals surface area contributed by atoms with Crippen LogP contribution in [0.4, 0.5) is 5.69 Å². The van der Waals surface area contributed by atoms with Crippen LogP contribution in [0.15, 0.2) is 53.5 Å². The predicted molar refractivity (Wildman–Crippen MR) is 101 cm³/mol. The van der Waals surface area contributed by atoms with Crippen LogP contribution in [0, 0.1) is 0 Å². The fourth-order valence-corrected chi connectivity index (χ4v) is 2.42. The van der Waals surface area contributed by atoms with E-state index in [-0.39, 0.29) is 6.10 Å². The molecule has 6 heteroatoms. The lowest BCUT2D eigenvalue weighted by atomic mass is 10.1. The zero-order valence-electron chi connectivity index (χ0n) is 15.1. The summed E-state index contributed by atoms with van der Waals surface area (Å²) in [5.74, 6) is 1.98. The molecule has 0 amide bonds. The number of benzene rings is 2. The van der Waals surface area contributed by atoms with Crippen molar-refractivity contribution in [2.24, 2.45) is 4.99 Å². The van der Waals surface area contributed by atoms with Gasteiger partial charge in [0.25, 0.3) is 0 Å². The average Bonchev–Trinajstić information content (AvgIpc) is 2.68. The molecule has 2 rings (SSSR count). The van der Waals surface area contributed by atoms with E-state index < -0.39 is 0 Å². The number of nitrogens with zero attached hydrogens (tertiary/aromatic N) is 1. The molecule has 2 aromatic carbocycles. The lowest BCUT2D eigenvalue weighted by Crippen LogP contribution is -2.34. The molecule has 6 nitrogen and oxygen atoms in total. The number of hydrogen-bond acceptors (Lipinski definition) is 4. The summed E-state index contributed by atoms with van der Waals surface area (Å²) in [5, 5.41) is 6.51. The van der Waals surface area contributed by atoms with Crippen molar-refractivity contribution < 1.29 is 14.2 Å². The fraction of sp³-hybridized carbons (Fsp3) is 0.316. The molecule has 0 radical (unpaired) electrons. The van der Waals surface area contributed by atoms with Gasteiger partial charge in [0, 0.05) is 32.5 Å². The molecule has 2 aromatic rings. The average molecular weight is 343 g/mol. The third-order valence-electron chi connectivity index (χ3n) is 3.78. The standard InChI is InChI=1S/C19H25N3O3/c1-20-19(21-13-18(25-4)14-8-6-5-7-9-14)22-15-10-11-16(23-2)17(12-15)24-3/h5-12,18H,13H2,1-4H3,(H2,20,21,22). The summed E-state index contributed by atoms with van der Waals surface area (Å²) in [5.41, 5.74) is 1.96. The second kappa shape index (κ2) is 9.54. The second-order valence-electron chi connectivity index (χ2n) is 5.28. The van der Waals surface area contributed by atoms with Gasteiger partial charge >= 0.3 is 0 Å². The monoisotopic (exact) mass is 343 g/mol. The van der Waals surface area contributed by atoms with E-state index in [2.05, 4.69) is 15.6 Å². The van der Waals surface area contributed by atoms with Crippen molar-refractivity contribution >= 4 is 11.6 Å². The Morgan fingerprint density at radius 1 is 1.00 bits per heavy atom. The Morgan fingerprint density at radius 3 is 2.32 bits per heavy atom. The van der Waals surface area contributed by atoms with Crippen molar-refractivity contribution in [2.75, 3.05) is 40.2 Å². The maximum atomic E-state index is 5.57. The highest BCUT2D eigenvalue weighted by molar-refractivity contribution is 5.93. The molecule has 1 atom stereocenters. The third kappa shape index (κ3) is 5.12. The van der Waals surface area contributed by atoms with E-state index in [0.29, 0.717) is 24.0 Å². The van der Waals surface area contributed by atoms with E-state index in [1.54, 1.807) is 28.4 Å². The van der Waals surface area contributed by atoms with Crippen LogP contribution in [-0.4, -0.2) is 40.9 Å². The number of rotatable bonds is 7. The topological polar surface area (TPSA) is 64.1 Å². The Hall–Kier alpha value is -2.73. The molecule has 0 spiro atoms. The lowest BCUT2D eigenvalue weighted by molar-refractivity contribution is 0.106. The minimum atomic E-state index is -0.0647. The van der Waals surface area contributed by atoms with Crippen LogP contribution in [0.25, 0.3) is 0 Å². The third-order valence-corrected chi connectivity index (χ3v) is 3.78. The number of guanidine groups is 1. The smallest absolute Gasteiger partial charge is 0.195 e. The summed E-state index contributed by atoms with van der Waals surface area (Å²) >= 11 is 0. The number of hydrogen-bond donors (Lipinski definition) is 2. The van der Waals surface area contributed by atoms with E-state index in [1.807, 2.05) is 48.5 Å². The van der Waals surface area contributed by atoms with Crippen molar-refractivity contribution in [1.29, 1.82) is 0 Å². The minimum Gasteiger partial charge on any atom is -0.493 e. The molecule has 0 fully saturated rings. The Kier molecular flexibility index (Phi) is 7.10. The lowest BCUT2D eigenvalue weighted by Gasteiger charge is -2.19. The number of methoxy groups -OCH3 is 3. The summed E-state index contributed by atoms with van der Waals surface area (Å²) in [7, 11) is 6.64. The van der Waals surface area contributed by atoms with E-state index in [0.717, 1.165) is 11.3 Å². The maximum Gasteiger partial charge on any atom is 0.195 e. The molecule has 0 aliphatic heterocycles. The molecule has 0 aliphatic carbocycles. The highest BCUT2D eigenvalue weighted by Gasteiger charge is 2.11. The van der Waals surface area contributed by atoms with Gasteiger partial charge in [-0.3, -0.25) is 4.99 Å². The van der Waals surface area contributed by atoms with Crippen LogP contribution in [0.2, 0.25) is 0 Å². The Balaban J connectivity index is 2.01. The van der Waals surface area contributed by atoms with Crippen molar-refractivity contribution in [3.8, 4) is 11.5 Å². The summed E-state index contributed by atoms with van der Waals surface area (Å²) in [4.78, 5) is 4.25. The van der Waals surface area contributed by atoms with Gasteiger partial charge in [0.2, 0.25) is 0 Å². The molecule has 25 heavy (non-hydrogen) atoms. The number of anilines is 1. The highest BCUT2D eigenvalue weighted by atomic mass is 16.5. The van der Waals surface area contributed by atoms with Gasteiger partial charge in [0.1, 0.15) is 0 Å². The first-order valence-corrected chi connectivity index (χ1v) is 7.99. The van der Waals surface area contributed by atoms with E-state index in [4.69, 9.17) is 14.2 Å². The summed E-state index contributed by atoms with van der Waals surface area (Å²) in [6.07, 6.45) is -0.0647. The molecule has 0 saturated heterocycles. The van der Waals surface area contributed by atoms with Crippen LogP contribution in [-0.2, 0) is 4.74 Å². The number of aliphatic imine (C=N–C) groups is 1. The quantitative estimate of drug-likeness (QED) is 0.597. The second-order valence-corrected chi connectivity index (χ2v) is 5.28. The van der Waals surface area contributed by atoms with E-state index >= 15 is 0 Å². The van der Waals surface area contributed by atoms with Crippen LogP contribution in [0.5, 0.6) is 11.5 Å². The normalized spacial score (nSPS) is 12.4. The fourth-order valence-electron chi connectivity index (χ4n) is 2.42. The van der Waals surface area contributed by atoms with Crippen LogP contribution < -0.4 is 20.1 Å². The maximum absolute atomic E-state index is 5.57. The van der Waals surface area contributed by atoms with Gasteiger partial charge in [-0.15, -0.1) is 0 Å². The largest absolute Gasteiger partial charge is 0.493 e. The van der Waals surface area contributed by atoms with Crippen LogP contribution >= 0.6 is 0 Å². The van der Waals surface area contributed by atoms with Crippen molar-refractivity contribution in [2.45, 2.75) is 6.10 Å². The number of nitrogens with one attached hydrogen (secondary N) is 2. The molecule has 134 valence electrons. The van der Waals surface area contributed by atoms with E-state index in [9.17, 15) is 0 Å². The molecule has 1 unspecified atom stereocenters. The van der Waals surface area contributed by atoms with Gasteiger partial charge < -0.3 is 24.8 Å². The highest BCUT2D eigenvalue weighted by Crippen LogP contribution is 2.29. The van der Waals surface area contributed by atoms with Gasteiger partial charge in [-0.2, -0.15) is 0 Å². The SMILES string of the molecule is CN=C(NCC(OC)c1ccccc1)Nc1ccc(OC)c(OC)c1. The van der Waals surface area contributed by atoms with Gasteiger partial charge in [0.15, 0.2) is 17.5 Å². The molecule has 0 bridgehead atoms. The zero-order valence-corrected chi connectivity index (χ0v) is 15.1. The Morgan fingerprint density at radius 2 is 1.72 bits per heavy atom. The molecule has 0 aromatic heterocycles. The van der Waals surface area contributed by atoms with Crippen LogP contribution in [0.1, 0.15) is 11.7 Å². The molecule has 2 N–H and O–H groups in total. The molecular weight excluding hydrogens is 318 g/mol. The van der Waals surface area contributed by atoms with Crippen LogP contribution in [0.3, 0.4) is 0 Å². The van der Waals surface area contributed by atoms with Crippen molar-refractivity contribution in [3.05, 3.63) is 54.1 Å². The van der Waals surface area contributed by atoms with Gasteiger partial charge in [0.05, 0.1) is 20.3 Å². The van der Waals surface area contributed by atoms with Gasteiger partial charge in [-0.1, -0.05) is 30.3 Å². The van der Waals surface area contributed by atoms with Crippen molar-refractivity contribution in [3.63, 3.8) is 0 Å². The molecule has 0 aliphatic rings. The Bertz CT molecular complexity index is 690.